The van der Waals surface area contributed by atoms with E-state index in [4.69, 9.17) is 8.94 Å². The maximum absolute atomic E-state index is 13.3. The summed E-state index contributed by atoms with van der Waals surface area (Å²) in [6.07, 6.45) is 3.77. The maximum Gasteiger partial charge on any atom is 0.240 e. The fraction of sp³-hybridized carbons (Fsp3) is 0.350. The van der Waals surface area contributed by atoms with Crippen molar-refractivity contribution in [3.63, 3.8) is 0 Å². The highest BCUT2D eigenvalue weighted by molar-refractivity contribution is 5.83. The predicted molar refractivity (Wildman–Crippen MR) is 97.5 cm³/mol. The second kappa shape index (κ2) is 7.75. The largest absolute Gasteiger partial charge is 0.472 e. The monoisotopic (exact) mass is 366 g/mol. The van der Waals surface area contributed by atoms with Gasteiger partial charge in [0.1, 0.15) is 0 Å². The molecule has 1 saturated heterocycles. The summed E-state index contributed by atoms with van der Waals surface area (Å²) in [5.74, 6) is 1.16. The molecule has 27 heavy (non-hydrogen) atoms. The minimum absolute atomic E-state index is 0.0875. The van der Waals surface area contributed by atoms with Crippen molar-refractivity contribution in [2.75, 3.05) is 13.1 Å². The van der Waals surface area contributed by atoms with E-state index in [2.05, 4.69) is 15.0 Å². The first kappa shape index (κ1) is 17.5. The van der Waals surface area contributed by atoms with Crippen molar-refractivity contribution in [2.24, 2.45) is 0 Å². The molecule has 7 nitrogen and oxygen atoms in total. The van der Waals surface area contributed by atoms with Crippen LogP contribution in [0.25, 0.3) is 0 Å². The van der Waals surface area contributed by atoms with Crippen molar-refractivity contribution in [1.82, 2.24) is 19.9 Å². The van der Waals surface area contributed by atoms with Crippen LogP contribution in [0, 0.1) is 6.92 Å². The van der Waals surface area contributed by atoms with Crippen LogP contribution in [0.15, 0.2) is 57.9 Å². The van der Waals surface area contributed by atoms with Crippen LogP contribution in [-0.4, -0.2) is 45.0 Å². The summed E-state index contributed by atoms with van der Waals surface area (Å²) < 4.78 is 10.5. The Morgan fingerprint density at radius 1 is 1.11 bits per heavy atom. The highest BCUT2D eigenvalue weighted by Gasteiger charge is 2.36. The summed E-state index contributed by atoms with van der Waals surface area (Å²) in [7, 11) is 0. The Morgan fingerprint density at radius 2 is 1.96 bits per heavy atom. The third-order valence-corrected chi connectivity index (χ3v) is 4.81. The van der Waals surface area contributed by atoms with E-state index >= 15 is 0 Å². The molecule has 1 unspecified atom stereocenters. The van der Waals surface area contributed by atoms with Gasteiger partial charge in [0.15, 0.2) is 5.82 Å². The molecule has 0 aliphatic carbocycles. The van der Waals surface area contributed by atoms with Gasteiger partial charge < -0.3 is 13.8 Å². The lowest BCUT2D eigenvalue weighted by molar-refractivity contribution is -0.143. The van der Waals surface area contributed by atoms with E-state index in [1.807, 2.05) is 41.3 Å². The Hall–Kier alpha value is -2.93. The molecule has 1 amide bonds. The number of rotatable bonds is 6. The molecule has 7 heteroatoms. The number of hydrogen-bond acceptors (Lipinski definition) is 6. The van der Waals surface area contributed by atoms with Gasteiger partial charge in [-0.05, 0) is 18.6 Å². The van der Waals surface area contributed by atoms with Gasteiger partial charge in [-0.25, -0.2) is 0 Å². The zero-order chi connectivity index (χ0) is 18.6. The van der Waals surface area contributed by atoms with Gasteiger partial charge >= 0.3 is 0 Å². The summed E-state index contributed by atoms with van der Waals surface area (Å²) in [5, 5.41) is 3.85. The molecule has 1 fully saturated rings. The van der Waals surface area contributed by atoms with Crippen molar-refractivity contribution in [2.45, 2.75) is 32.5 Å². The topological polar surface area (TPSA) is 75.6 Å². The molecule has 0 radical (unpaired) electrons. The summed E-state index contributed by atoms with van der Waals surface area (Å²) in [6.45, 7) is 4.50. The first-order valence-corrected chi connectivity index (χ1v) is 9.06. The third kappa shape index (κ3) is 4.09. The number of carbonyl (C=O) groups is 1. The lowest BCUT2D eigenvalue weighted by Crippen LogP contribution is -2.57. The Kier molecular flexibility index (Phi) is 5.02. The van der Waals surface area contributed by atoms with Gasteiger partial charge in [-0.15, -0.1) is 0 Å². The number of benzene rings is 1. The quantitative estimate of drug-likeness (QED) is 0.667. The molecular formula is C20H22N4O3. The fourth-order valence-electron chi connectivity index (χ4n) is 3.45. The van der Waals surface area contributed by atoms with E-state index in [1.54, 1.807) is 19.5 Å². The van der Waals surface area contributed by atoms with E-state index in [1.165, 1.54) is 0 Å². The van der Waals surface area contributed by atoms with Gasteiger partial charge in [0.25, 0.3) is 0 Å². The number of furan rings is 1. The van der Waals surface area contributed by atoms with E-state index < -0.39 is 0 Å². The fourth-order valence-corrected chi connectivity index (χ4v) is 3.45. The number of amides is 1. The van der Waals surface area contributed by atoms with Crippen molar-refractivity contribution >= 4 is 5.91 Å². The molecule has 0 N–H and O–H groups in total. The van der Waals surface area contributed by atoms with Crippen molar-refractivity contribution in [1.29, 1.82) is 0 Å². The minimum Gasteiger partial charge on any atom is -0.472 e. The van der Waals surface area contributed by atoms with Crippen molar-refractivity contribution < 1.29 is 13.7 Å². The predicted octanol–water partition coefficient (Wildman–Crippen LogP) is 2.43. The van der Waals surface area contributed by atoms with E-state index in [-0.39, 0.29) is 11.9 Å². The van der Waals surface area contributed by atoms with Gasteiger partial charge in [0.2, 0.25) is 11.8 Å². The first-order chi connectivity index (χ1) is 13.2. The number of hydrogen-bond donors (Lipinski definition) is 0. The highest BCUT2D eigenvalue weighted by Crippen LogP contribution is 2.20. The first-order valence-electron chi connectivity index (χ1n) is 9.06. The molecule has 1 aliphatic heterocycles. The zero-order valence-corrected chi connectivity index (χ0v) is 15.2. The van der Waals surface area contributed by atoms with Crippen LogP contribution < -0.4 is 0 Å². The van der Waals surface area contributed by atoms with Crippen LogP contribution in [0.2, 0.25) is 0 Å². The zero-order valence-electron chi connectivity index (χ0n) is 15.2. The van der Waals surface area contributed by atoms with Gasteiger partial charge in [-0.2, -0.15) is 4.98 Å². The molecule has 1 aliphatic rings. The smallest absolute Gasteiger partial charge is 0.240 e. The SMILES string of the molecule is Cc1noc(CC2C(=O)N(Cc3ccccc3)CCN2Cc2ccoc2)n1. The van der Waals surface area contributed by atoms with Crippen LogP contribution >= 0.6 is 0 Å². The van der Waals surface area contributed by atoms with E-state index in [0.29, 0.717) is 37.8 Å². The molecule has 1 aromatic carbocycles. The van der Waals surface area contributed by atoms with E-state index in [9.17, 15) is 4.79 Å². The summed E-state index contributed by atoms with van der Waals surface area (Å²) in [4.78, 5) is 21.6. The molecular weight excluding hydrogens is 344 g/mol. The number of aryl methyl sites for hydroxylation is 1. The van der Waals surface area contributed by atoms with Gasteiger partial charge in [0, 0.05) is 31.7 Å². The second-order valence-corrected chi connectivity index (χ2v) is 6.80. The van der Waals surface area contributed by atoms with Crippen molar-refractivity contribution in [3.8, 4) is 0 Å². The molecule has 3 aromatic rings. The molecule has 0 bridgehead atoms. The molecule has 0 spiro atoms. The minimum atomic E-state index is -0.336. The second-order valence-electron chi connectivity index (χ2n) is 6.80. The Balaban J connectivity index is 1.53. The van der Waals surface area contributed by atoms with Gasteiger partial charge in [0.05, 0.1) is 25.0 Å². The van der Waals surface area contributed by atoms with Crippen LogP contribution in [-0.2, 0) is 24.3 Å². The molecule has 4 rings (SSSR count). The standard InChI is InChI=1S/C20H22N4O3/c1-15-21-19(27-22-15)11-18-20(25)24(12-16-5-3-2-4-6-16)9-8-23(18)13-17-7-10-26-14-17/h2-7,10,14,18H,8-9,11-13H2,1H3. The molecule has 140 valence electrons. The molecule has 0 saturated carbocycles. The summed E-state index contributed by atoms with van der Waals surface area (Å²) in [5.41, 5.74) is 2.17. The van der Waals surface area contributed by atoms with Gasteiger partial charge in [-0.3, -0.25) is 9.69 Å². The average molecular weight is 366 g/mol. The highest BCUT2D eigenvalue weighted by atomic mass is 16.5. The van der Waals surface area contributed by atoms with Crippen LogP contribution in [0.1, 0.15) is 22.8 Å². The third-order valence-electron chi connectivity index (χ3n) is 4.81. The summed E-state index contributed by atoms with van der Waals surface area (Å²) in [6, 6.07) is 11.6. The van der Waals surface area contributed by atoms with E-state index in [0.717, 1.165) is 17.7 Å². The number of nitrogens with zero attached hydrogens (tertiary/aromatic N) is 4. The van der Waals surface area contributed by atoms with Crippen molar-refractivity contribution in [3.05, 3.63) is 71.8 Å². The Bertz CT molecular complexity index is 876. The normalized spacial score (nSPS) is 18.2. The Labute approximate surface area is 157 Å². The maximum atomic E-state index is 13.3. The number of piperazine rings is 1. The summed E-state index contributed by atoms with van der Waals surface area (Å²) >= 11 is 0. The average Bonchev–Trinajstić information content (AvgIpc) is 3.33. The van der Waals surface area contributed by atoms with Crippen LogP contribution in [0.4, 0.5) is 0 Å². The lowest BCUT2D eigenvalue weighted by Gasteiger charge is -2.40. The lowest BCUT2D eigenvalue weighted by atomic mass is 10.1. The molecule has 3 heterocycles. The number of carbonyl (C=O) groups excluding carboxylic acids is 1. The Morgan fingerprint density at radius 3 is 2.67 bits per heavy atom. The molecule has 2 aromatic heterocycles. The van der Waals surface area contributed by atoms with Crippen LogP contribution in [0.3, 0.4) is 0 Å². The van der Waals surface area contributed by atoms with Gasteiger partial charge in [-0.1, -0.05) is 35.5 Å². The number of aromatic nitrogens is 2. The van der Waals surface area contributed by atoms with Crippen LogP contribution in [0.5, 0.6) is 0 Å². The molecule has 1 atom stereocenters.